The van der Waals surface area contributed by atoms with Gasteiger partial charge in [0.05, 0.1) is 13.2 Å². The highest BCUT2D eigenvalue weighted by atomic mass is 16.6. The van der Waals surface area contributed by atoms with Crippen molar-refractivity contribution in [2.75, 3.05) is 52.7 Å². The van der Waals surface area contributed by atoms with Gasteiger partial charge in [0.2, 0.25) is 5.91 Å². The second kappa shape index (κ2) is 13.2. The normalized spacial score (nSPS) is 25.0. The van der Waals surface area contributed by atoms with Crippen LogP contribution in [0, 0.1) is 5.92 Å². The van der Waals surface area contributed by atoms with Crippen molar-refractivity contribution in [1.82, 2.24) is 15.1 Å². The molecule has 246 valence electrons. The van der Waals surface area contributed by atoms with Crippen molar-refractivity contribution in [2.45, 2.75) is 55.7 Å². The summed E-state index contributed by atoms with van der Waals surface area (Å²) in [5.41, 5.74) is 15.2. The third kappa shape index (κ3) is 5.87. The Bertz CT molecular complexity index is 1510. The number of likely N-dealkylation sites (tertiary alicyclic amines) is 1. The van der Waals surface area contributed by atoms with Gasteiger partial charge in [-0.2, -0.15) is 0 Å². The number of amides is 2. The lowest BCUT2D eigenvalue weighted by atomic mass is 9.53. The summed E-state index contributed by atoms with van der Waals surface area (Å²) in [6.07, 6.45) is 4.91. The van der Waals surface area contributed by atoms with E-state index >= 15 is 0 Å². The van der Waals surface area contributed by atoms with Crippen LogP contribution in [0.3, 0.4) is 0 Å². The van der Waals surface area contributed by atoms with Crippen molar-refractivity contribution < 1.29 is 23.8 Å². The highest BCUT2D eigenvalue weighted by molar-refractivity contribution is 5.92. The SMILES string of the molecule is COc1ccc2c3c1OC1C(OC(=O)N(C)CCNC(=O)[C@@H](N)CCCN=C(N)Nc4ccccc4)=CCC4[C@@H](C2)N(C)CC[C@]314. The van der Waals surface area contributed by atoms with Crippen LogP contribution in [0.1, 0.15) is 36.8 Å². The fourth-order valence-corrected chi connectivity index (χ4v) is 7.66. The number of anilines is 1. The zero-order chi connectivity index (χ0) is 32.4. The van der Waals surface area contributed by atoms with Crippen LogP contribution in [-0.4, -0.2) is 93.3 Å². The zero-order valence-electron chi connectivity index (χ0n) is 26.8. The van der Waals surface area contributed by atoms with E-state index in [0.29, 0.717) is 48.8 Å². The summed E-state index contributed by atoms with van der Waals surface area (Å²) in [7, 11) is 5.52. The molecule has 1 spiro atoms. The number of rotatable bonds is 11. The molecule has 2 heterocycles. The van der Waals surface area contributed by atoms with Gasteiger partial charge in [-0.3, -0.25) is 9.79 Å². The molecule has 2 aliphatic carbocycles. The number of methoxy groups -OCH3 is 1. The number of aliphatic imine (C=N–C) groups is 1. The number of piperidine rings is 1. The highest BCUT2D eigenvalue weighted by Crippen LogP contribution is 2.63. The van der Waals surface area contributed by atoms with E-state index in [0.717, 1.165) is 37.2 Å². The molecule has 1 fully saturated rings. The first kappa shape index (κ1) is 31.7. The van der Waals surface area contributed by atoms with Crippen LogP contribution >= 0.6 is 0 Å². The molecule has 1 saturated heterocycles. The first-order valence-electron chi connectivity index (χ1n) is 16.1. The molecule has 2 aromatic rings. The van der Waals surface area contributed by atoms with Crippen molar-refractivity contribution in [3.63, 3.8) is 0 Å². The Morgan fingerprint density at radius 3 is 2.83 bits per heavy atom. The molecule has 4 aliphatic rings. The van der Waals surface area contributed by atoms with Crippen LogP contribution < -0.4 is 31.6 Å². The van der Waals surface area contributed by atoms with Crippen molar-refractivity contribution in [3.05, 3.63) is 65.4 Å². The predicted molar refractivity (Wildman–Crippen MR) is 176 cm³/mol. The second-order valence-corrected chi connectivity index (χ2v) is 12.7. The van der Waals surface area contributed by atoms with E-state index in [2.05, 4.69) is 33.6 Å². The average molecular weight is 632 g/mol. The van der Waals surface area contributed by atoms with E-state index in [1.807, 2.05) is 42.5 Å². The van der Waals surface area contributed by atoms with Gasteiger partial charge >= 0.3 is 6.09 Å². The molecular weight excluding hydrogens is 586 g/mol. The first-order chi connectivity index (χ1) is 22.2. The van der Waals surface area contributed by atoms with E-state index in [-0.39, 0.29) is 24.4 Å². The summed E-state index contributed by atoms with van der Waals surface area (Å²) in [5, 5.41) is 5.84. The Labute approximate surface area is 270 Å². The quantitative estimate of drug-likeness (QED) is 0.166. The number of benzene rings is 2. The number of para-hydroxylation sites is 1. The van der Waals surface area contributed by atoms with Crippen LogP contribution in [0.2, 0.25) is 0 Å². The summed E-state index contributed by atoms with van der Waals surface area (Å²) < 4.78 is 18.4. The van der Waals surface area contributed by atoms with Crippen LogP contribution in [0.5, 0.6) is 11.5 Å². The molecule has 2 bridgehead atoms. The third-order valence-corrected chi connectivity index (χ3v) is 10.0. The maximum absolute atomic E-state index is 13.2. The fraction of sp³-hybridized carbons (Fsp3) is 0.500. The molecule has 2 amide bonds. The van der Waals surface area contributed by atoms with Gasteiger partial charge < -0.3 is 46.1 Å². The molecule has 0 radical (unpaired) electrons. The van der Waals surface area contributed by atoms with E-state index < -0.39 is 18.2 Å². The number of hydrogen-bond donors (Lipinski definition) is 4. The standard InChI is InChI=1S/C34H45N7O5/c1-40-18-15-34-23-12-14-27(30(34)46-29-26(44-3)13-11-21(28(29)34)20-25(23)40)45-33(43)41(2)19-17-37-31(42)24(35)10-7-16-38-32(36)39-22-8-5-4-6-9-22/h4-6,8-9,11,13-14,23-25,30H,7,10,12,15-20,35H2,1-3H3,(H,37,42)(H3,36,38,39)/t23?,24-,25+,30?,34-/m0/s1. The maximum atomic E-state index is 13.2. The largest absolute Gasteiger partial charge is 0.493 e. The molecule has 2 aliphatic heterocycles. The molecule has 6 N–H and O–H groups in total. The minimum Gasteiger partial charge on any atom is -0.493 e. The molecule has 12 nitrogen and oxygen atoms in total. The van der Waals surface area contributed by atoms with E-state index in [1.54, 1.807) is 14.2 Å². The van der Waals surface area contributed by atoms with Gasteiger partial charge in [-0.05, 0) is 81.5 Å². The minimum atomic E-state index is -0.688. The molecule has 46 heavy (non-hydrogen) atoms. The van der Waals surface area contributed by atoms with Crippen molar-refractivity contribution in [3.8, 4) is 11.5 Å². The van der Waals surface area contributed by atoms with Gasteiger partial charge in [0.15, 0.2) is 23.6 Å². The topological polar surface area (TPSA) is 157 Å². The Kier molecular flexibility index (Phi) is 9.10. The maximum Gasteiger partial charge on any atom is 0.414 e. The van der Waals surface area contributed by atoms with Crippen molar-refractivity contribution >= 4 is 23.6 Å². The molecule has 12 heteroatoms. The zero-order valence-corrected chi connectivity index (χ0v) is 26.8. The Morgan fingerprint density at radius 1 is 1.24 bits per heavy atom. The fourth-order valence-electron chi connectivity index (χ4n) is 7.66. The molecule has 5 atom stereocenters. The Hall–Kier alpha value is -4.29. The lowest BCUT2D eigenvalue weighted by Gasteiger charge is -2.56. The average Bonchev–Trinajstić information content (AvgIpc) is 3.41. The number of carbonyl (C=O) groups excluding carboxylic acids is 2. The molecule has 0 aromatic heterocycles. The number of nitrogens with two attached hydrogens (primary N) is 2. The smallest absolute Gasteiger partial charge is 0.414 e. The van der Waals surface area contributed by atoms with Gasteiger partial charge in [0.25, 0.3) is 0 Å². The van der Waals surface area contributed by atoms with Crippen LogP contribution in [-0.2, 0) is 21.4 Å². The van der Waals surface area contributed by atoms with Gasteiger partial charge in [-0.1, -0.05) is 24.3 Å². The minimum absolute atomic E-state index is 0.245. The molecule has 0 saturated carbocycles. The third-order valence-electron chi connectivity index (χ3n) is 10.0. The number of nitrogens with one attached hydrogen (secondary N) is 2. The summed E-state index contributed by atoms with van der Waals surface area (Å²) in [6, 6.07) is 13.4. The number of nitrogens with zero attached hydrogens (tertiary/aromatic N) is 3. The van der Waals surface area contributed by atoms with Gasteiger partial charge in [-0.15, -0.1) is 0 Å². The van der Waals surface area contributed by atoms with Crippen LogP contribution in [0.15, 0.2) is 59.3 Å². The highest BCUT2D eigenvalue weighted by Gasteiger charge is 2.64. The summed E-state index contributed by atoms with van der Waals surface area (Å²) in [6.45, 7) is 1.91. The molecule has 2 aromatic carbocycles. The van der Waals surface area contributed by atoms with Gasteiger partial charge in [0, 0.05) is 49.4 Å². The van der Waals surface area contributed by atoms with Gasteiger partial charge in [-0.25, -0.2) is 4.79 Å². The van der Waals surface area contributed by atoms with E-state index in [4.69, 9.17) is 25.7 Å². The monoisotopic (exact) mass is 631 g/mol. The number of carbonyl (C=O) groups is 2. The summed E-state index contributed by atoms with van der Waals surface area (Å²) in [4.78, 5) is 34.0. The first-order valence-corrected chi connectivity index (χ1v) is 16.1. The number of guanidine groups is 1. The number of allylic oxidation sites excluding steroid dienone is 1. The van der Waals surface area contributed by atoms with Crippen molar-refractivity contribution in [2.24, 2.45) is 22.4 Å². The number of ether oxygens (including phenoxy) is 3. The summed E-state index contributed by atoms with van der Waals surface area (Å²) >= 11 is 0. The lowest BCUT2D eigenvalue weighted by Crippen LogP contribution is -2.63. The second-order valence-electron chi connectivity index (χ2n) is 12.7. The van der Waals surface area contributed by atoms with Crippen molar-refractivity contribution in [1.29, 1.82) is 0 Å². The number of likely N-dealkylation sites (N-methyl/N-ethyl adjacent to an activating group) is 2. The van der Waals surface area contributed by atoms with E-state index in [1.165, 1.54) is 16.0 Å². The van der Waals surface area contributed by atoms with Gasteiger partial charge in [0.1, 0.15) is 5.76 Å². The van der Waals surface area contributed by atoms with Crippen LogP contribution in [0.25, 0.3) is 0 Å². The lowest BCUT2D eigenvalue weighted by molar-refractivity contribution is -0.122. The van der Waals surface area contributed by atoms with E-state index in [9.17, 15) is 9.59 Å². The summed E-state index contributed by atoms with van der Waals surface area (Å²) in [5.74, 6) is 2.45. The molecule has 6 rings (SSSR count). The van der Waals surface area contributed by atoms with Crippen LogP contribution in [0.4, 0.5) is 10.5 Å². The Morgan fingerprint density at radius 2 is 2.04 bits per heavy atom. The molecule has 2 unspecified atom stereocenters. The predicted octanol–water partition coefficient (Wildman–Crippen LogP) is 2.58. The number of hydrogen-bond acceptors (Lipinski definition) is 8. The Balaban J connectivity index is 0.991. The molecular formula is C34H45N7O5.